The van der Waals surface area contributed by atoms with Crippen molar-refractivity contribution < 1.29 is 33.6 Å². The van der Waals surface area contributed by atoms with E-state index in [4.69, 9.17) is 18.9 Å². The number of aryl methyl sites for hydroxylation is 1. The molecule has 0 radical (unpaired) electrons. The van der Waals surface area contributed by atoms with Crippen molar-refractivity contribution in [2.45, 2.75) is 33.0 Å². The summed E-state index contributed by atoms with van der Waals surface area (Å²) >= 11 is 0. The van der Waals surface area contributed by atoms with E-state index in [0.29, 0.717) is 29.4 Å². The number of rotatable bonds is 11. The number of aliphatic hydroxyl groups is 1. The number of aliphatic hydroxyl groups excluding tert-OH is 1. The first kappa shape index (κ1) is 27.3. The molecule has 37 heavy (non-hydrogen) atoms. The van der Waals surface area contributed by atoms with Crippen LogP contribution in [0.5, 0.6) is 17.2 Å². The second kappa shape index (κ2) is 12.6. The van der Waals surface area contributed by atoms with Crippen LogP contribution < -0.4 is 30.3 Å². The average Bonchev–Trinajstić information content (AvgIpc) is 2.87. The number of hydrogen-bond donors (Lipinski definition) is 4. The number of urea groups is 1. The lowest BCUT2D eigenvalue weighted by Crippen LogP contribution is -2.45. The Hall–Kier alpha value is -4.25. The molecule has 11 heteroatoms. The largest absolute Gasteiger partial charge is 0.496 e. The van der Waals surface area contributed by atoms with E-state index in [0.717, 1.165) is 16.9 Å². The Morgan fingerprint density at radius 1 is 1.14 bits per heavy atom. The van der Waals surface area contributed by atoms with E-state index in [1.54, 1.807) is 38.4 Å². The Morgan fingerprint density at radius 3 is 2.57 bits per heavy atom. The first-order chi connectivity index (χ1) is 17.8. The fourth-order valence-corrected chi connectivity index (χ4v) is 3.80. The number of carbonyl (C=O) groups excluding carboxylic acids is 2. The van der Waals surface area contributed by atoms with Crippen LogP contribution in [0.3, 0.4) is 0 Å². The molecule has 0 saturated heterocycles. The second-order valence-electron chi connectivity index (χ2n) is 8.14. The summed E-state index contributed by atoms with van der Waals surface area (Å²) in [5, 5.41) is 19.6. The fraction of sp³-hybridized carbons (Fsp3) is 0.346. The van der Waals surface area contributed by atoms with Gasteiger partial charge < -0.3 is 34.7 Å². The summed E-state index contributed by atoms with van der Waals surface area (Å²) in [4.78, 5) is 24.4. The summed E-state index contributed by atoms with van der Waals surface area (Å²) in [5.74, 6) is 0.985. The van der Waals surface area contributed by atoms with Gasteiger partial charge in [-0.3, -0.25) is 5.43 Å². The van der Waals surface area contributed by atoms with Gasteiger partial charge in [-0.25, -0.2) is 9.59 Å². The molecule has 3 rings (SSSR count). The molecule has 1 heterocycles. The van der Waals surface area contributed by atoms with Crippen molar-refractivity contribution in [1.29, 1.82) is 0 Å². The summed E-state index contributed by atoms with van der Waals surface area (Å²) in [6, 6.07) is 9.46. The Balaban J connectivity index is 1.69. The highest BCUT2D eigenvalue weighted by atomic mass is 16.5. The van der Waals surface area contributed by atoms with Crippen molar-refractivity contribution in [3.05, 3.63) is 64.4 Å². The molecule has 2 aromatic rings. The van der Waals surface area contributed by atoms with Gasteiger partial charge in [0, 0.05) is 5.70 Å². The third-order valence-electron chi connectivity index (χ3n) is 5.53. The van der Waals surface area contributed by atoms with Gasteiger partial charge in [0.2, 0.25) is 0 Å². The second-order valence-corrected chi connectivity index (χ2v) is 8.14. The van der Waals surface area contributed by atoms with Crippen molar-refractivity contribution in [2.24, 2.45) is 5.10 Å². The van der Waals surface area contributed by atoms with Gasteiger partial charge in [-0.15, -0.1) is 0 Å². The number of benzene rings is 2. The summed E-state index contributed by atoms with van der Waals surface area (Å²) in [6.07, 6.45) is 0.489. The summed E-state index contributed by atoms with van der Waals surface area (Å²) in [7, 11) is 2.89. The number of methoxy groups -OCH3 is 2. The van der Waals surface area contributed by atoms with Gasteiger partial charge in [-0.2, -0.15) is 5.10 Å². The molecule has 1 aliphatic heterocycles. The van der Waals surface area contributed by atoms with E-state index >= 15 is 0 Å². The van der Waals surface area contributed by atoms with E-state index in [-0.39, 0.29) is 12.2 Å². The minimum absolute atomic E-state index is 0.116. The molecule has 0 fully saturated rings. The molecular weight excluding hydrogens is 480 g/mol. The Bertz CT molecular complexity index is 1200. The van der Waals surface area contributed by atoms with Crippen LogP contribution in [0.15, 0.2) is 52.8 Å². The van der Waals surface area contributed by atoms with Crippen LogP contribution >= 0.6 is 0 Å². The number of hydrazone groups is 1. The molecule has 0 spiro atoms. The highest BCUT2D eigenvalue weighted by Crippen LogP contribution is 2.34. The first-order valence-electron chi connectivity index (χ1n) is 11.6. The zero-order valence-electron chi connectivity index (χ0n) is 21.5. The van der Waals surface area contributed by atoms with Crippen LogP contribution in [-0.4, -0.2) is 57.0 Å². The highest BCUT2D eigenvalue weighted by molar-refractivity contribution is 5.95. The van der Waals surface area contributed by atoms with Gasteiger partial charge in [0.05, 0.1) is 38.7 Å². The lowest BCUT2D eigenvalue weighted by Gasteiger charge is -2.28. The number of nitrogens with zero attached hydrogens (tertiary/aromatic N) is 1. The summed E-state index contributed by atoms with van der Waals surface area (Å²) < 4.78 is 21.6. The Kier molecular flexibility index (Phi) is 9.33. The van der Waals surface area contributed by atoms with E-state index < -0.39 is 24.3 Å². The van der Waals surface area contributed by atoms with E-state index in [1.165, 1.54) is 7.11 Å². The molecular formula is C26H32N4O7. The first-order valence-corrected chi connectivity index (χ1v) is 11.6. The Morgan fingerprint density at radius 2 is 1.89 bits per heavy atom. The zero-order valence-corrected chi connectivity index (χ0v) is 21.5. The third kappa shape index (κ3) is 6.91. The predicted octanol–water partition coefficient (Wildman–Crippen LogP) is 2.52. The predicted molar refractivity (Wildman–Crippen MR) is 137 cm³/mol. The fourth-order valence-electron chi connectivity index (χ4n) is 3.80. The SMILES string of the molecule is CCOc1cc([C@@H]2NC(=O)NC(C)=C2C(=O)OC)ccc1OC[C@H](O)N/N=C\c1ccc(OC)c(C)c1. The van der Waals surface area contributed by atoms with Gasteiger partial charge in [0.1, 0.15) is 12.4 Å². The quantitative estimate of drug-likeness (QED) is 0.156. The smallest absolute Gasteiger partial charge is 0.337 e. The monoisotopic (exact) mass is 512 g/mol. The topological polar surface area (TPSA) is 140 Å². The standard InChI is InChI=1S/C26H32N4O7/c1-6-36-21-12-18(24-23(25(32)35-5)16(3)28-26(33)29-24)8-10-20(21)37-14-22(31)30-27-13-17-7-9-19(34-4)15(2)11-17/h7-13,22,24,30-31H,6,14H2,1-5H3,(H2,28,29,33)/b27-13-/t22-,24-/m0/s1. The van der Waals surface area contributed by atoms with E-state index in [2.05, 4.69) is 21.2 Å². The lowest BCUT2D eigenvalue weighted by atomic mass is 9.95. The molecule has 1 aliphatic rings. The van der Waals surface area contributed by atoms with Crippen LogP contribution in [0.4, 0.5) is 4.79 Å². The Labute approximate surface area is 215 Å². The van der Waals surface area contributed by atoms with Crippen molar-refractivity contribution in [3.63, 3.8) is 0 Å². The number of hydrogen-bond acceptors (Lipinski definition) is 9. The summed E-state index contributed by atoms with van der Waals surface area (Å²) in [6.45, 7) is 5.61. The maximum Gasteiger partial charge on any atom is 0.337 e. The lowest BCUT2D eigenvalue weighted by molar-refractivity contribution is -0.136. The van der Waals surface area contributed by atoms with Gasteiger partial charge in [0.25, 0.3) is 0 Å². The van der Waals surface area contributed by atoms with Crippen molar-refractivity contribution in [2.75, 3.05) is 27.4 Å². The van der Waals surface area contributed by atoms with Crippen LogP contribution in [0.2, 0.25) is 0 Å². The highest BCUT2D eigenvalue weighted by Gasteiger charge is 2.32. The molecule has 0 bridgehead atoms. The number of ether oxygens (including phenoxy) is 4. The molecule has 2 atom stereocenters. The van der Waals surface area contributed by atoms with Crippen molar-refractivity contribution in [1.82, 2.24) is 16.1 Å². The zero-order chi connectivity index (χ0) is 26.9. The van der Waals surface area contributed by atoms with Crippen molar-refractivity contribution >= 4 is 18.2 Å². The molecule has 2 aromatic carbocycles. The molecule has 4 N–H and O–H groups in total. The molecule has 0 saturated carbocycles. The molecule has 0 aromatic heterocycles. The van der Waals surface area contributed by atoms with Crippen molar-refractivity contribution in [3.8, 4) is 17.2 Å². The van der Waals surface area contributed by atoms with Crippen LogP contribution in [0.1, 0.15) is 36.6 Å². The minimum Gasteiger partial charge on any atom is -0.496 e. The van der Waals surface area contributed by atoms with E-state index in [1.807, 2.05) is 32.0 Å². The number of nitrogens with one attached hydrogen (secondary N) is 3. The minimum atomic E-state index is -1.09. The van der Waals surface area contributed by atoms with Gasteiger partial charge >= 0.3 is 12.0 Å². The maximum atomic E-state index is 12.4. The van der Waals surface area contributed by atoms with Gasteiger partial charge in [-0.1, -0.05) is 6.07 Å². The maximum absolute atomic E-state index is 12.4. The number of esters is 1. The van der Waals surface area contributed by atoms with Crippen LogP contribution in [-0.2, 0) is 9.53 Å². The molecule has 198 valence electrons. The van der Waals surface area contributed by atoms with E-state index in [9.17, 15) is 14.7 Å². The average molecular weight is 513 g/mol. The van der Waals surface area contributed by atoms with Crippen LogP contribution in [0, 0.1) is 6.92 Å². The van der Waals surface area contributed by atoms with Gasteiger partial charge in [0.15, 0.2) is 17.7 Å². The molecule has 11 nitrogen and oxygen atoms in total. The van der Waals surface area contributed by atoms with Crippen LogP contribution in [0.25, 0.3) is 0 Å². The summed E-state index contributed by atoms with van der Waals surface area (Å²) in [5.41, 5.74) is 5.71. The molecule has 0 unspecified atom stereocenters. The number of amides is 2. The normalized spacial score (nSPS) is 16.1. The third-order valence-corrected chi connectivity index (χ3v) is 5.53. The molecule has 2 amide bonds. The number of allylic oxidation sites excluding steroid dienone is 1. The molecule has 0 aliphatic carbocycles. The van der Waals surface area contributed by atoms with Gasteiger partial charge in [-0.05, 0) is 67.8 Å². The number of carbonyl (C=O) groups is 2.